The van der Waals surface area contributed by atoms with Crippen molar-refractivity contribution in [1.29, 1.82) is 0 Å². The van der Waals surface area contributed by atoms with Gasteiger partial charge in [-0.3, -0.25) is 0 Å². The molecule has 1 aliphatic heterocycles. The topological polar surface area (TPSA) is 122 Å². The van der Waals surface area contributed by atoms with Gasteiger partial charge in [0.1, 0.15) is 12.2 Å². The number of ether oxygens (including phenoxy) is 1. The highest BCUT2D eigenvalue weighted by molar-refractivity contribution is 7.43. The van der Waals surface area contributed by atoms with Crippen LogP contribution in [-0.4, -0.2) is 41.0 Å². The number of aliphatic hydroxyl groups excluding tert-OH is 2. The highest BCUT2D eigenvalue weighted by atomic mass is 31.2. The van der Waals surface area contributed by atoms with Crippen molar-refractivity contribution in [3.63, 3.8) is 0 Å². The van der Waals surface area contributed by atoms with Crippen molar-refractivity contribution in [3.8, 4) is 0 Å². The van der Waals surface area contributed by atoms with Crippen molar-refractivity contribution in [2.24, 2.45) is 0 Å². The van der Waals surface area contributed by atoms with E-state index in [-0.39, 0.29) is 0 Å². The van der Waals surface area contributed by atoms with Crippen molar-refractivity contribution in [1.82, 2.24) is 0 Å². The van der Waals surface area contributed by atoms with Gasteiger partial charge in [-0.15, -0.1) is 0 Å². The van der Waals surface area contributed by atoms with E-state index in [2.05, 4.69) is 9.26 Å². The highest BCUT2D eigenvalue weighted by Crippen LogP contribution is 2.34. The smallest absolute Gasteiger partial charge is 0.196 e. The zero-order valence-electron chi connectivity index (χ0n) is 7.65. The van der Waals surface area contributed by atoms with E-state index < -0.39 is 38.6 Å². The van der Waals surface area contributed by atoms with Gasteiger partial charge in [0.2, 0.25) is 0 Å². The van der Waals surface area contributed by atoms with Gasteiger partial charge >= 0.3 is 0 Å². The molecular formula is C6H10FO7P-2. The molecule has 0 aliphatic carbocycles. The first-order valence-electron chi connectivity index (χ1n) is 4.08. The maximum absolute atomic E-state index is 13.1. The monoisotopic (exact) mass is 244 g/mol. The van der Waals surface area contributed by atoms with Crippen LogP contribution in [0.1, 0.15) is 6.92 Å². The molecular weight excluding hydrogens is 234 g/mol. The van der Waals surface area contributed by atoms with E-state index in [1.54, 1.807) is 0 Å². The molecule has 9 heteroatoms. The fraction of sp³-hybridized carbons (Fsp3) is 1.00. The molecule has 0 aromatic heterocycles. The van der Waals surface area contributed by atoms with Crippen LogP contribution in [0.2, 0.25) is 0 Å². The molecule has 1 rings (SSSR count). The molecule has 90 valence electrons. The molecule has 0 saturated carbocycles. The number of hydrogen-bond acceptors (Lipinski definition) is 7. The van der Waals surface area contributed by atoms with Gasteiger partial charge in [-0.25, -0.2) is 4.39 Å². The minimum absolute atomic E-state index is 1.04. The SMILES string of the molecule is CC1O[C@@H](OP(=O)([O-])[O-])C(F)C(O)[C@@H]1O. The summed E-state index contributed by atoms with van der Waals surface area (Å²) in [6.07, 6.45) is -8.71. The zero-order valence-corrected chi connectivity index (χ0v) is 8.54. The Morgan fingerprint density at radius 1 is 1.40 bits per heavy atom. The Hall–Kier alpha value is -0.0800. The Morgan fingerprint density at radius 2 is 1.93 bits per heavy atom. The van der Waals surface area contributed by atoms with E-state index in [4.69, 9.17) is 10.2 Å². The van der Waals surface area contributed by atoms with Gasteiger partial charge in [-0.2, -0.15) is 0 Å². The summed E-state index contributed by atoms with van der Waals surface area (Å²) in [6.45, 7) is 1.27. The number of phosphoric ester groups is 1. The summed E-state index contributed by atoms with van der Waals surface area (Å²) in [5.74, 6) is 0. The minimum atomic E-state index is -5.40. The first kappa shape index (κ1) is 13.0. The van der Waals surface area contributed by atoms with E-state index in [1.165, 1.54) is 6.92 Å². The molecule has 1 saturated heterocycles. The van der Waals surface area contributed by atoms with Crippen LogP contribution in [0.25, 0.3) is 0 Å². The lowest BCUT2D eigenvalue weighted by Crippen LogP contribution is -2.55. The third-order valence-electron chi connectivity index (χ3n) is 2.00. The summed E-state index contributed by atoms with van der Waals surface area (Å²) < 4.78 is 31.7. The highest BCUT2D eigenvalue weighted by Gasteiger charge is 2.44. The first-order chi connectivity index (χ1) is 6.72. The van der Waals surface area contributed by atoms with Crippen LogP contribution in [0.3, 0.4) is 0 Å². The van der Waals surface area contributed by atoms with Crippen LogP contribution < -0.4 is 9.79 Å². The average molecular weight is 244 g/mol. The number of halogens is 1. The molecule has 1 aliphatic rings. The van der Waals surface area contributed by atoms with Gasteiger partial charge in [0.15, 0.2) is 12.5 Å². The van der Waals surface area contributed by atoms with Crippen LogP contribution in [0.5, 0.6) is 0 Å². The fourth-order valence-corrected chi connectivity index (χ4v) is 1.62. The molecule has 3 unspecified atom stereocenters. The molecule has 0 radical (unpaired) electrons. The van der Waals surface area contributed by atoms with Gasteiger partial charge in [-0.1, -0.05) is 0 Å². The van der Waals surface area contributed by atoms with Gasteiger partial charge < -0.3 is 33.8 Å². The standard InChI is InChI=1S/C6H12FO7P/c1-2-4(8)5(9)3(7)6(13-2)14-15(10,11)12/h2-6,8-9H,1H3,(H2,10,11,12)/p-2/t2?,3?,4-,5?,6+/m1/s1. The van der Waals surface area contributed by atoms with Crippen LogP contribution in [0, 0.1) is 0 Å². The molecule has 0 aromatic rings. The van der Waals surface area contributed by atoms with E-state index in [1.807, 2.05) is 0 Å². The summed E-state index contributed by atoms with van der Waals surface area (Å²) in [4.78, 5) is 20.4. The Bertz CT molecular complexity index is 268. The van der Waals surface area contributed by atoms with Gasteiger partial charge in [0.25, 0.3) is 0 Å². The number of aliphatic hydroxyl groups is 2. The predicted molar refractivity (Wildman–Crippen MR) is 39.9 cm³/mol. The molecule has 0 bridgehead atoms. The summed E-state index contributed by atoms with van der Waals surface area (Å²) in [5, 5.41) is 18.2. The second-order valence-electron chi connectivity index (χ2n) is 3.19. The second kappa shape index (κ2) is 4.42. The quantitative estimate of drug-likeness (QED) is 0.521. The fourth-order valence-electron chi connectivity index (χ4n) is 1.20. The van der Waals surface area contributed by atoms with Gasteiger partial charge in [0.05, 0.1) is 13.9 Å². The Kier molecular flexibility index (Phi) is 3.83. The number of phosphoric acid groups is 1. The third-order valence-corrected chi connectivity index (χ3v) is 2.46. The molecule has 15 heavy (non-hydrogen) atoms. The predicted octanol–water partition coefficient (Wildman–Crippen LogP) is -2.36. The molecule has 5 atom stereocenters. The van der Waals surface area contributed by atoms with Gasteiger partial charge in [0, 0.05) is 0 Å². The van der Waals surface area contributed by atoms with Crippen molar-refractivity contribution in [3.05, 3.63) is 0 Å². The third kappa shape index (κ3) is 3.18. The molecule has 0 spiro atoms. The van der Waals surface area contributed by atoms with Crippen molar-refractivity contribution < 1.29 is 38.2 Å². The summed E-state index contributed by atoms with van der Waals surface area (Å²) >= 11 is 0. The lowest BCUT2D eigenvalue weighted by Gasteiger charge is -2.41. The number of rotatable bonds is 2. The first-order valence-corrected chi connectivity index (χ1v) is 5.54. The van der Waals surface area contributed by atoms with Crippen LogP contribution in [0.4, 0.5) is 4.39 Å². The molecule has 7 nitrogen and oxygen atoms in total. The van der Waals surface area contributed by atoms with Crippen LogP contribution in [0.15, 0.2) is 0 Å². The van der Waals surface area contributed by atoms with Crippen molar-refractivity contribution in [2.45, 2.75) is 37.7 Å². The van der Waals surface area contributed by atoms with E-state index >= 15 is 0 Å². The summed E-state index contributed by atoms with van der Waals surface area (Å²) in [6, 6.07) is 0. The largest absolute Gasteiger partial charge is 0.790 e. The lowest BCUT2D eigenvalue weighted by molar-refractivity contribution is -0.364. The van der Waals surface area contributed by atoms with Gasteiger partial charge in [-0.05, 0) is 6.92 Å². The Labute approximate surface area is 84.7 Å². The normalized spacial score (nSPS) is 42.9. The number of hydrogen-bond donors (Lipinski definition) is 2. The zero-order chi connectivity index (χ0) is 11.8. The number of alkyl halides is 1. The maximum Gasteiger partial charge on any atom is 0.196 e. The molecule has 2 N–H and O–H groups in total. The average Bonchev–Trinajstić information content (AvgIpc) is 2.08. The van der Waals surface area contributed by atoms with Crippen molar-refractivity contribution >= 4 is 7.82 Å². The molecule has 0 aromatic carbocycles. The van der Waals surface area contributed by atoms with Crippen molar-refractivity contribution in [2.75, 3.05) is 0 Å². The molecule has 0 amide bonds. The second-order valence-corrected chi connectivity index (χ2v) is 4.29. The maximum atomic E-state index is 13.1. The van der Waals surface area contributed by atoms with Crippen LogP contribution in [-0.2, 0) is 13.8 Å². The van der Waals surface area contributed by atoms with Crippen LogP contribution >= 0.6 is 7.82 Å². The molecule has 1 heterocycles. The molecule has 1 fully saturated rings. The lowest BCUT2D eigenvalue weighted by atomic mass is 10.0. The summed E-state index contributed by atoms with van der Waals surface area (Å²) in [5.41, 5.74) is 0. The minimum Gasteiger partial charge on any atom is -0.790 e. The van der Waals surface area contributed by atoms with E-state index in [0.29, 0.717) is 0 Å². The Balaban J connectivity index is 2.71. The van der Waals surface area contributed by atoms with E-state index in [0.717, 1.165) is 0 Å². The van der Waals surface area contributed by atoms with E-state index in [9.17, 15) is 18.7 Å². The Morgan fingerprint density at radius 3 is 2.40 bits per heavy atom. The summed E-state index contributed by atoms with van der Waals surface area (Å²) in [7, 11) is -5.40.